The second kappa shape index (κ2) is 6.82. The van der Waals surface area contributed by atoms with Gasteiger partial charge in [-0.15, -0.1) is 0 Å². The van der Waals surface area contributed by atoms with Crippen molar-refractivity contribution in [3.8, 4) is 11.3 Å². The van der Waals surface area contributed by atoms with E-state index in [0.29, 0.717) is 19.0 Å². The van der Waals surface area contributed by atoms with E-state index < -0.39 is 11.9 Å². The van der Waals surface area contributed by atoms with Gasteiger partial charge in [0.15, 0.2) is 12.0 Å². The van der Waals surface area contributed by atoms with Gasteiger partial charge in [0.25, 0.3) is 0 Å². The molecule has 0 bridgehead atoms. The first-order valence-corrected chi connectivity index (χ1v) is 8.75. The number of carbonyl (C=O) groups is 3. The average molecular weight is 638 g/mol. The van der Waals surface area contributed by atoms with Crippen molar-refractivity contribution in [3.63, 3.8) is 0 Å². The number of aldehydes is 1. The van der Waals surface area contributed by atoms with Gasteiger partial charge < -0.3 is 14.6 Å². The van der Waals surface area contributed by atoms with Crippen molar-refractivity contribution in [2.75, 3.05) is 0 Å². The van der Waals surface area contributed by atoms with Crippen molar-refractivity contribution in [1.29, 1.82) is 0 Å². The highest BCUT2D eigenvalue weighted by Gasteiger charge is 2.29. The van der Waals surface area contributed by atoms with Gasteiger partial charge in [-0.1, -0.05) is 0 Å². The van der Waals surface area contributed by atoms with Crippen molar-refractivity contribution >= 4 is 86.0 Å². The standard InChI is InChI=1S/C13H5I3O6/c14-9-6(5-2-1-4(3-17)22-5)10(15)8(13(20)21)11(16)7(9)12(18)19/h1-3H,(H,18,19)(H,20,21). The maximum Gasteiger partial charge on any atom is 0.337 e. The number of carboxylic acid groups (broad SMARTS) is 2. The third kappa shape index (κ3) is 3.02. The van der Waals surface area contributed by atoms with E-state index in [1.165, 1.54) is 12.1 Å². The third-order valence-electron chi connectivity index (χ3n) is 2.73. The van der Waals surface area contributed by atoms with Crippen LogP contribution in [0.15, 0.2) is 16.5 Å². The molecule has 22 heavy (non-hydrogen) atoms. The summed E-state index contributed by atoms with van der Waals surface area (Å²) in [6.45, 7) is 0. The minimum Gasteiger partial charge on any atom is -0.478 e. The van der Waals surface area contributed by atoms with Gasteiger partial charge in [-0.25, -0.2) is 9.59 Å². The van der Waals surface area contributed by atoms with Crippen molar-refractivity contribution in [2.45, 2.75) is 0 Å². The molecule has 1 aromatic heterocycles. The topological polar surface area (TPSA) is 105 Å². The first kappa shape index (κ1) is 17.7. The van der Waals surface area contributed by atoms with Gasteiger partial charge in [0, 0.05) is 16.3 Å². The molecule has 0 saturated heterocycles. The van der Waals surface area contributed by atoms with Crippen LogP contribution in [0.2, 0.25) is 0 Å². The molecule has 0 spiro atoms. The Labute approximate surface area is 164 Å². The quantitative estimate of drug-likeness (QED) is 0.389. The molecule has 0 atom stereocenters. The number of aromatic carboxylic acids is 2. The molecule has 2 rings (SSSR count). The third-order valence-corrected chi connectivity index (χ3v) is 5.97. The number of benzene rings is 1. The van der Waals surface area contributed by atoms with E-state index in [0.717, 1.165) is 0 Å². The molecule has 0 radical (unpaired) electrons. The van der Waals surface area contributed by atoms with Crippen LogP contribution in [0, 0.1) is 10.7 Å². The van der Waals surface area contributed by atoms with Crippen LogP contribution in [0.5, 0.6) is 0 Å². The maximum absolute atomic E-state index is 11.5. The average Bonchev–Trinajstić information content (AvgIpc) is 2.86. The summed E-state index contributed by atoms with van der Waals surface area (Å²) in [6.07, 6.45) is 0.520. The van der Waals surface area contributed by atoms with Crippen LogP contribution < -0.4 is 0 Å². The molecule has 9 heteroatoms. The maximum atomic E-state index is 11.5. The second-order valence-electron chi connectivity index (χ2n) is 4.00. The van der Waals surface area contributed by atoms with E-state index in [9.17, 15) is 24.6 Å². The summed E-state index contributed by atoms with van der Waals surface area (Å²) in [4.78, 5) is 33.7. The monoisotopic (exact) mass is 638 g/mol. The first-order valence-electron chi connectivity index (χ1n) is 5.52. The van der Waals surface area contributed by atoms with Gasteiger partial charge in [-0.2, -0.15) is 0 Å². The zero-order valence-corrected chi connectivity index (χ0v) is 16.9. The van der Waals surface area contributed by atoms with Crippen molar-refractivity contribution < 1.29 is 29.0 Å². The zero-order chi connectivity index (χ0) is 16.6. The molecule has 2 N–H and O–H groups in total. The van der Waals surface area contributed by atoms with Gasteiger partial charge in [0.05, 0.1) is 11.1 Å². The number of hydrogen-bond donors (Lipinski definition) is 2. The molecule has 0 aliphatic carbocycles. The number of halogens is 3. The fourth-order valence-corrected chi connectivity index (χ4v) is 6.43. The molecule has 0 amide bonds. The van der Waals surface area contributed by atoms with Gasteiger partial charge >= 0.3 is 11.9 Å². The lowest BCUT2D eigenvalue weighted by Crippen LogP contribution is -2.13. The molecule has 0 fully saturated rings. The molecule has 114 valence electrons. The molecule has 1 aromatic carbocycles. The van der Waals surface area contributed by atoms with E-state index in [2.05, 4.69) is 0 Å². The number of carboxylic acids is 2. The van der Waals surface area contributed by atoms with Crippen LogP contribution in [0.4, 0.5) is 0 Å². The van der Waals surface area contributed by atoms with Crippen molar-refractivity contribution in [1.82, 2.24) is 0 Å². The Bertz CT molecular complexity index is 767. The molecule has 0 aliphatic heterocycles. The zero-order valence-electron chi connectivity index (χ0n) is 10.4. The Hall–Kier alpha value is -0.700. The second-order valence-corrected chi connectivity index (χ2v) is 7.23. The Kier molecular flexibility index (Phi) is 5.47. The van der Waals surface area contributed by atoms with E-state index in [1.54, 1.807) is 22.6 Å². The summed E-state index contributed by atoms with van der Waals surface area (Å²) in [6, 6.07) is 2.95. The highest BCUT2D eigenvalue weighted by Crippen LogP contribution is 2.38. The van der Waals surface area contributed by atoms with Crippen molar-refractivity contribution in [2.24, 2.45) is 0 Å². The van der Waals surface area contributed by atoms with Gasteiger partial charge in [0.1, 0.15) is 5.76 Å². The molecule has 0 unspecified atom stereocenters. The van der Waals surface area contributed by atoms with Gasteiger partial charge in [-0.05, 0) is 79.9 Å². The SMILES string of the molecule is O=Cc1ccc(-c2c(I)c(C(=O)O)c(I)c(C(=O)O)c2I)o1. The number of hydrogen-bond acceptors (Lipinski definition) is 4. The van der Waals surface area contributed by atoms with E-state index in [1.807, 2.05) is 45.2 Å². The number of furan rings is 1. The van der Waals surface area contributed by atoms with Crippen LogP contribution in [0.3, 0.4) is 0 Å². The Morgan fingerprint density at radius 1 is 0.955 bits per heavy atom. The largest absolute Gasteiger partial charge is 0.478 e. The summed E-state index contributed by atoms with van der Waals surface area (Å²) >= 11 is 5.39. The lowest BCUT2D eigenvalue weighted by atomic mass is 10.0. The van der Waals surface area contributed by atoms with Crippen LogP contribution in [-0.4, -0.2) is 28.4 Å². The number of rotatable bonds is 4. The van der Waals surface area contributed by atoms with Crippen LogP contribution in [0.1, 0.15) is 31.3 Å². The molecule has 0 saturated carbocycles. The summed E-state index contributed by atoms with van der Waals surface area (Å²) in [7, 11) is 0. The van der Waals surface area contributed by atoms with Crippen LogP contribution in [-0.2, 0) is 0 Å². The summed E-state index contributed by atoms with van der Waals surface area (Å²) in [5, 5.41) is 18.7. The predicted molar refractivity (Wildman–Crippen MR) is 102 cm³/mol. The first-order chi connectivity index (χ1) is 10.3. The van der Waals surface area contributed by atoms with Crippen molar-refractivity contribution in [3.05, 3.63) is 39.7 Å². The van der Waals surface area contributed by atoms with Crippen LogP contribution in [0.25, 0.3) is 11.3 Å². The Morgan fingerprint density at radius 2 is 1.45 bits per heavy atom. The lowest BCUT2D eigenvalue weighted by Gasteiger charge is -2.14. The van der Waals surface area contributed by atoms with E-state index in [-0.39, 0.29) is 26.2 Å². The molecular weight excluding hydrogens is 633 g/mol. The van der Waals surface area contributed by atoms with E-state index in [4.69, 9.17) is 4.42 Å². The molecular formula is C13H5I3O6. The molecule has 0 aliphatic rings. The predicted octanol–water partition coefficient (Wildman–Crippen LogP) is 3.97. The van der Waals surface area contributed by atoms with E-state index >= 15 is 0 Å². The fraction of sp³-hybridized carbons (Fsp3) is 0. The summed E-state index contributed by atoms with van der Waals surface area (Å²) < 4.78 is 6.19. The minimum absolute atomic E-state index is 0.0777. The van der Waals surface area contributed by atoms with Gasteiger partial charge in [-0.3, -0.25) is 4.79 Å². The minimum atomic E-state index is -1.23. The van der Waals surface area contributed by atoms with Gasteiger partial charge in [0.2, 0.25) is 0 Å². The Morgan fingerprint density at radius 3 is 1.82 bits per heavy atom. The fourth-order valence-electron chi connectivity index (χ4n) is 1.81. The van der Waals surface area contributed by atoms with Crippen LogP contribution >= 0.6 is 67.8 Å². The molecule has 2 aromatic rings. The highest BCUT2D eigenvalue weighted by atomic mass is 127. The summed E-state index contributed by atoms with van der Waals surface area (Å²) in [5.41, 5.74) is 0.153. The highest BCUT2D eigenvalue weighted by molar-refractivity contribution is 14.1. The smallest absolute Gasteiger partial charge is 0.337 e. The lowest BCUT2D eigenvalue weighted by molar-refractivity contribution is 0.0693. The number of carbonyl (C=O) groups excluding carboxylic acids is 1. The normalized spacial score (nSPS) is 10.5. The summed E-state index contributed by atoms with van der Waals surface area (Å²) in [5.74, 6) is -2.13. The molecule has 1 heterocycles. The molecule has 6 nitrogen and oxygen atoms in total. The Balaban J connectivity index is 2.91.